The number of hydrogen-bond donors (Lipinski definition) is 0. The molecule has 0 aromatic heterocycles. The lowest BCUT2D eigenvalue weighted by molar-refractivity contribution is 0.701. The van der Waals surface area contributed by atoms with Crippen LogP contribution in [0.1, 0.15) is 39.5 Å². The van der Waals surface area contributed by atoms with Crippen LogP contribution in [-0.2, 0) is 0 Å². The maximum absolute atomic E-state index is 2.37. The molecular weight excluding hydrogens is 152 g/mol. The van der Waals surface area contributed by atoms with Gasteiger partial charge in [-0.05, 0) is 0 Å². The summed E-state index contributed by atoms with van der Waals surface area (Å²) in [6.07, 6.45) is 5.95. The average Bonchev–Trinajstić information content (AvgIpc) is 1.97. The first-order valence-corrected chi connectivity index (χ1v) is 10.9. The third-order valence-corrected chi connectivity index (χ3v) is 9.29. The Labute approximate surface area is 70.2 Å². The predicted molar refractivity (Wildman–Crippen MR) is 56.5 cm³/mol. The normalized spacial score (nSPS) is 12.6. The van der Waals surface area contributed by atoms with Gasteiger partial charge in [0.2, 0.25) is 0 Å². The van der Waals surface area contributed by atoms with E-state index in [0.29, 0.717) is 18.1 Å². The molecule has 2 heteroatoms. The highest BCUT2D eigenvalue weighted by Crippen LogP contribution is 2.01. The van der Waals surface area contributed by atoms with Gasteiger partial charge in [0, 0.05) is 18.1 Å². The van der Waals surface area contributed by atoms with Crippen LogP contribution in [0.4, 0.5) is 0 Å². The van der Waals surface area contributed by atoms with E-state index >= 15 is 0 Å². The van der Waals surface area contributed by atoms with Gasteiger partial charge in [0.05, 0.1) is 0 Å². The van der Waals surface area contributed by atoms with E-state index in [4.69, 9.17) is 0 Å². The smallest absolute Gasteiger partial charge is 0.00795 e. The largest absolute Gasteiger partial charge is 0.0685 e. The molecule has 0 aliphatic rings. The van der Waals surface area contributed by atoms with Crippen molar-refractivity contribution in [3.05, 3.63) is 0 Å². The van der Waals surface area contributed by atoms with Crippen molar-refractivity contribution < 1.29 is 0 Å². The summed E-state index contributed by atoms with van der Waals surface area (Å²) in [5.74, 6) is 0. The molecule has 0 aliphatic heterocycles. The minimum Gasteiger partial charge on any atom is -0.0685 e. The molecule has 0 atom stereocenters. The van der Waals surface area contributed by atoms with Crippen LogP contribution < -0.4 is 0 Å². The Balaban J connectivity index is 2.65. The summed E-state index contributed by atoms with van der Waals surface area (Å²) in [5, 5.41) is 0. The summed E-state index contributed by atoms with van der Waals surface area (Å²) < 4.78 is 0. The molecule has 0 fully saturated rings. The van der Waals surface area contributed by atoms with Gasteiger partial charge in [-0.15, -0.1) is 0 Å². The minimum absolute atomic E-state index is 0.522. The van der Waals surface area contributed by atoms with Crippen molar-refractivity contribution in [2.75, 3.05) is 0 Å². The topological polar surface area (TPSA) is 0 Å². The number of rotatable bonds is 7. The highest BCUT2D eigenvalue weighted by molar-refractivity contribution is 7.00. The van der Waals surface area contributed by atoms with Gasteiger partial charge in [-0.2, -0.15) is 0 Å². The van der Waals surface area contributed by atoms with E-state index in [0.717, 1.165) is 0 Å². The summed E-state index contributed by atoms with van der Waals surface area (Å²) in [4.78, 5) is 0. The SMILES string of the molecule is CCCCCC[SiH2][SiH2]CC. The zero-order valence-corrected chi connectivity index (χ0v) is 10.5. The van der Waals surface area contributed by atoms with Gasteiger partial charge in [0.15, 0.2) is 0 Å². The van der Waals surface area contributed by atoms with Crippen molar-refractivity contribution in [3.8, 4) is 0 Å². The van der Waals surface area contributed by atoms with Gasteiger partial charge in [-0.3, -0.25) is 0 Å². The maximum Gasteiger partial charge on any atom is 0.00795 e. The molecule has 0 spiro atoms. The van der Waals surface area contributed by atoms with Gasteiger partial charge in [0.1, 0.15) is 0 Å². The van der Waals surface area contributed by atoms with Crippen LogP contribution in [0.2, 0.25) is 12.1 Å². The Morgan fingerprint density at radius 1 is 0.900 bits per heavy atom. The molecule has 0 saturated heterocycles. The van der Waals surface area contributed by atoms with Gasteiger partial charge in [-0.1, -0.05) is 51.6 Å². The van der Waals surface area contributed by atoms with Crippen molar-refractivity contribution in [2.24, 2.45) is 0 Å². The Bertz CT molecular complexity index is 47.2. The van der Waals surface area contributed by atoms with E-state index in [1.54, 1.807) is 18.5 Å². The summed E-state index contributed by atoms with van der Waals surface area (Å²) in [6, 6.07) is 3.24. The van der Waals surface area contributed by atoms with Crippen LogP contribution in [-0.4, -0.2) is 18.1 Å². The molecule has 0 unspecified atom stereocenters. The Hall–Kier alpha value is 0.434. The van der Waals surface area contributed by atoms with Crippen molar-refractivity contribution in [1.29, 1.82) is 0 Å². The van der Waals surface area contributed by atoms with E-state index in [-0.39, 0.29) is 0 Å². The van der Waals surface area contributed by atoms with Crippen molar-refractivity contribution >= 4 is 18.1 Å². The Morgan fingerprint density at radius 2 is 1.70 bits per heavy atom. The third-order valence-electron chi connectivity index (χ3n) is 1.96. The second kappa shape index (κ2) is 9.43. The van der Waals surface area contributed by atoms with Crippen molar-refractivity contribution in [1.82, 2.24) is 0 Å². The second-order valence-electron chi connectivity index (χ2n) is 3.12. The van der Waals surface area contributed by atoms with Gasteiger partial charge >= 0.3 is 0 Å². The molecule has 0 nitrogen and oxygen atoms in total. The second-order valence-corrected chi connectivity index (χ2v) is 10.5. The Kier molecular flexibility index (Phi) is 9.84. The molecule has 0 saturated carbocycles. The molecule has 10 heavy (non-hydrogen) atoms. The fourth-order valence-electron chi connectivity index (χ4n) is 1.21. The zero-order chi connectivity index (χ0) is 7.66. The standard InChI is InChI=1S/C8H22Si2/c1-3-5-6-7-8-10-9-4-2/h3-10H2,1-2H3. The molecule has 0 rings (SSSR count). The maximum atomic E-state index is 2.37. The first-order chi connectivity index (χ1) is 4.91. The average molecular weight is 174 g/mol. The summed E-state index contributed by atoms with van der Waals surface area (Å²) in [7, 11) is 1.05. The molecule has 0 aromatic carbocycles. The molecule has 0 N–H and O–H groups in total. The van der Waals surface area contributed by atoms with E-state index in [9.17, 15) is 0 Å². The lowest BCUT2D eigenvalue weighted by Crippen LogP contribution is -1.99. The molecule has 0 aromatic rings. The van der Waals surface area contributed by atoms with Gasteiger partial charge in [-0.25, -0.2) is 0 Å². The predicted octanol–water partition coefficient (Wildman–Crippen LogP) is 1.68. The molecular formula is C8H22Si2. The van der Waals surface area contributed by atoms with Crippen LogP contribution in [0.3, 0.4) is 0 Å². The van der Waals surface area contributed by atoms with Crippen LogP contribution in [0.15, 0.2) is 0 Å². The first-order valence-electron chi connectivity index (χ1n) is 4.91. The fraction of sp³-hybridized carbons (Fsp3) is 1.00. The highest BCUT2D eigenvalue weighted by Gasteiger charge is 1.88. The van der Waals surface area contributed by atoms with Crippen molar-refractivity contribution in [2.45, 2.75) is 51.6 Å². The minimum atomic E-state index is 0.522. The summed E-state index contributed by atoms with van der Waals surface area (Å²) in [5.41, 5.74) is 0. The Morgan fingerprint density at radius 3 is 2.30 bits per heavy atom. The van der Waals surface area contributed by atoms with Gasteiger partial charge < -0.3 is 0 Å². The van der Waals surface area contributed by atoms with Crippen LogP contribution in [0, 0.1) is 0 Å². The van der Waals surface area contributed by atoms with E-state index in [1.807, 2.05) is 0 Å². The lowest BCUT2D eigenvalue weighted by atomic mass is 10.2. The highest BCUT2D eigenvalue weighted by atomic mass is 29.1. The molecule has 0 amide bonds. The monoisotopic (exact) mass is 174 g/mol. The summed E-state index contributed by atoms with van der Waals surface area (Å²) in [6.45, 7) is 4.66. The van der Waals surface area contributed by atoms with Gasteiger partial charge in [0.25, 0.3) is 0 Å². The van der Waals surface area contributed by atoms with Crippen LogP contribution >= 0.6 is 0 Å². The van der Waals surface area contributed by atoms with E-state index < -0.39 is 0 Å². The summed E-state index contributed by atoms with van der Waals surface area (Å²) >= 11 is 0. The molecule has 62 valence electrons. The first kappa shape index (κ1) is 10.4. The molecule has 0 aliphatic carbocycles. The van der Waals surface area contributed by atoms with E-state index in [2.05, 4.69) is 13.8 Å². The number of hydrogen-bond acceptors (Lipinski definition) is 0. The lowest BCUT2D eigenvalue weighted by Gasteiger charge is -1.96. The quantitative estimate of drug-likeness (QED) is 0.407. The van der Waals surface area contributed by atoms with Crippen LogP contribution in [0.5, 0.6) is 0 Å². The molecule has 0 radical (unpaired) electrons. The fourth-order valence-corrected chi connectivity index (χ4v) is 6.39. The molecule has 0 bridgehead atoms. The van der Waals surface area contributed by atoms with Crippen LogP contribution in [0.25, 0.3) is 0 Å². The number of unbranched alkanes of at least 4 members (excludes halogenated alkanes) is 3. The third kappa shape index (κ3) is 8.43. The van der Waals surface area contributed by atoms with Crippen molar-refractivity contribution in [3.63, 3.8) is 0 Å². The molecule has 0 heterocycles. The van der Waals surface area contributed by atoms with E-state index in [1.165, 1.54) is 19.3 Å². The zero-order valence-electron chi connectivity index (χ0n) is 7.66.